The minimum atomic E-state index is -0.988. The minimum absolute atomic E-state index is 0.217. The molecule has 0 spiro atoms. The van der Waals surface area contributed by atoms with Crippen molar-refractivity contribution in [2.24, 2.45) is 0 Å². The van der Waals surface area contributed by atoms with Crippen LogP contribution < -0.4 is 0 Å². The first-order valence-corrected chi connectivity index (χ1v) is 4.89. The van der Waals surface area contributed by atoms with E-state index in [9.17, 15) is 4.79 Å². The van der Waals surface area contributed by atoms with Gasteiger partial charge in [0.25, 0.3) is 0 Å². The molecule has 1 aromatic rings. The van der Waals surface area contributed by atoms with Crippen molar-refractivity contribution in [1.29, 1.82) is 5.26 Å². The van der Waals surface area contributed by atoms with Gasteiger partial charge in [-0.25, -0.2) is 0 Å². The zero-order chi connectivity index (χ0) is 11.4. The number of hydrogen-bond acceptors (Lipinski definition) is 2. The van der Waals surface area contributed by atoms with E-state index in [0.29, 0.717) is 16.1 Å². The molecule has 0 bridgehead atoms. The molecule has 0 amide bonds. The van der Waals surface area contributed by atoms with Gasteiger partial charge in [0.15, 0.2) is 0 Å². The molecule has 0 heterocycles. The van der Waals surface area contributed by atoms with E-state index in [1.807, 2.05) is 13.0 Å². The minimum Gasteiger partial charge on any atom is -0.481 e. The van der Waals surface area contributed by atoms with Crippen molar-refractivity contribution < 1.29 is 9.90 Å². The number of aryl methyl sites for hydroxylation is 1. The zero-order valence-corrected chi connectivity index (χ0v) is 9.01. The summed E-state index contributed by atoms with van der Waals surface area (Å²) in [6.45, 7) is 1.95. The van der Waals surface area contributed by atoms with E-state index in [-0.39, 0.29) is 6.42 Å². The lowest BCUT2D eigenvalue weighted by Crippen LogP contribution is -2.04. The van der Waals surface area contributed by atoms with Gasteiger partial charge in [0, 0.05) is 5.02 Å². The Bertz CT molecular complexity index is 435. The first-order chi connectivity index (χ1) is 7.08. The summed E-state index contributed by atoms with van der Waals surface area (Å²) >= 11 is 5.92. The fourth-order valence-electron chi connectivity index (χ4n) is 1.33. The molecule has 4 heteroatoms. The number of nitrogens with zero attached hydrogens (tertiary/aromatic N) is 1. The summed E-state index contributed by atoms with van der Waals surface area (Å²) in [6.07, 6.45) is 0.549. The van der Waals surface area contributed by atoms with E-state index in [1.165, 1.54) is 0 Å². The second kappa shape index (κ2) is 4.81. The van der Waals surface area contributed by atoms with Crippen LogP contribution in [-0.2, 0) is 17.6 Å². The first kappa shape index (κ1) is 11.5. The van der Waals surface area contributed by atoms with E-state index in [4.69, 9.17) is 22.0 Å². The van der Waals surface area contributed by atoms with Crippen LogP contribution in [0.15, 0.2) is 12.1 Å². The van der Waals surface area contributed by atoms with Gasteiger partial charge >= 0.3 is 5.97 Å². The molecular weight excluding hydrogens is 214 g/mol. The topological polar surface area (TPSA) is 61.1 Å². The van der Waals surface area contributed by atoms with Gasteiger partial charge in [0.1, 0.15) is 0 Å². The Labute approximate surface area is 92.9 Å². The summed E-state index contributed by atoms with van der Waals surface area (Å²) < 4.78 is 0. The zero-order valence-electron chi connectivity index (χ0n) is 8.25. The van der Waals surface area contributed by atoms with Crippen molar-refractivity contribution in [2.75, 3.05) is 0 Å². The van der Waals surface area contributed by atoms with Gasteiger partial charge in [-0.05, 0) is 29.7 Å². The molecule has 78 valence electrons. The summed E-state index contributed by atoms with van der Waals surface area (Å²) in [7, 11) is 0. The predicted molar refractivity (Wildman–Crippen MR) is 56.9 cm³/mol. The molecule has 0 unspecified atom stereocenters. The van der Waals surface area contributed by atoms with Gasteiger partial charge in [-0.3, -0.25) is 4.79 Å². The highest BCUT2D eigenvalue weighted by molar-refractivity contribution is 6.31. The number of halogens is 1. The second-order valence-electron chi connectivity index (χ2n) is 3.14. The van der Waals surface area contributed by atoms with Crippen LogP contribution in [-0.4, -0.2) is 11.1 Å². The molecule has 1 N–H and O–H groups in total. The molecule has 0 aliphatic heterocycles. The third-order valence-corrected chi connectivity index (χ3v) is 2.45. The Morgan fingerprint density at radius 3 is 2.73 bits per heavy atom. The summed E-state index contributed by atoms with van der Waals surface area (Å²) in [4.78, 5) is 10.6. The second-order valence-corrected chi connectivity index (χ2v) is 3.55. The molecule has 0 aromatic heterocycles. The maximum atomic E-state index is 10.6. The number of benzene rings is 1. The van der Waals surface area contributed by atoms with Crippen molar-refractivity contribution in [3.63, 3.8) is 0 Å². The molecule has 0 aliphatic rings. The lowest BCUT2D eigenvalue weighted by atomic mass is 10.0. The van der Waals surface area contributed by atoms with Crippen molar-refractivity contribution in [3.8, 4) is 6.07 Å². The molecule has 0 aliphatic carbocycles. The average Bonchev–Trinajstić information content (AvgIpc) is 2.20. The number of carboxylic acids is 1. The van der Waals surface area contributed by atoms with E-state index in [0.717, 1.165) is 12.0 Å². The monoisotopic (exact) mass is 223 g/mol. The highest BCUT2D eigenvalue weighted by atomic mass is 35.5. The SMILES string of the molecule is CCc1cc(Cl)c(CC(=O)O)c(C#N)c1. The Hall–Kier alpha value is -1.53. The van der Waals surface area contributed by atoms with E-state index in [1.54, 1.807) is 12.1 Å². The van der Waals surface area contributed by atoms with Crippen molar-refractivity contribution in [2.45, 2.75) is 19.8 Å². The number of rotatable bonds is 3. The Balaban J connectivity index is 3.26. The van der Waals surface area contributed by atoms with Crippen LogP contribution >= 0.6 is 11.6 Å². The van der Waals surface area contributed by atoms with Crippen LogP contribution in [0, 0.1) is 11.3 Å². The maximum absolute atomic E-state index is 10.6. The predicted octanol–water partition coefficient (Wildman–Crippen LogP) is 2.40. The van der Waals surface area contributed by atoms with E-state index < -0.39 is 5.97 Å². The average molecular weight is 224 g/mol. The summed E-state index contributed by atoms with van der Waals surface area (Å²) in [6, 6.07) is 5.36. The molecule has 15 heavy (non-hydrogen) atoms. The van der Waals surface area contributed by atoms with Gasteiger partial charge in [-0.2, -0.15) is 5.26 Å². The van der Waals surface area contributed by atoms with Crippen molar-refractivity contribution in [1.82, 2.24) is 0 Å². The van der Waals surface area contributed by atoms with Gasteiger partial charge in [0.05, 0.1) is 18.1 Å². The largest absolute Gasteiger partial charge is 0.481 e. The van der Waals surface area contributed by atoms with Crippen LogP contribution in [0.4, 0.5) is 0 Å². The lowest BCUT2D eigenvalue weighted by molar-refractivity contribution is -0.136. The molecule has 3 nitrogen and oxygen atoms in total. The maximum Gasteiger partial charge on any atom is 0.307 e. The fourth-order valence-corrected chi connectivity index (χ4v) is 1.64. The summed E-state index contributed by atoms with van der Waals surface area (Å²) in [5, 5.41) is 17.9. The molecule has 1 aromatic carbocycles. The molecular formula is C11H10ClNO2. The summed E-state index contributed by atoms with van der Waals surface area (Å²) in [5.74, 6) is -0.988. The number of hydrogen-bond donors (Lipinski definition) is 1. The Kier molecular flexibility index (Phi) is 3.70. The van der Waals surface area contributed by atoms with Gasteiger partial charge in [-0.1, -0.05) is 18.5 Å². The molecule has 0 atom stereocenters. The van der Waals surface area contributed by atoms with Gasteiger partial charge < -0.3 is 5.11 Å². The Morgan fingerprint density at radius 1 is 1.60 bits per heavy atom. The van der Waals surface area contributed by atoms with Crippen molar-refractivity contribution in [3.05, 3.63) is 33.8 Å². The highest BCUT2D eigenvalue weighted by Gasteiger charge is 2.12. The lowest BCUT2D eigenvalue weighted by Gasteiger charge is -2.06. The smallest absolute Gasteiger partial charge is 0.307 e. The molecule has 1 rings (SSSR count). The fraction of sp³-hybridized carbons (Fsp3) is 0.273. The molecule has 0 saturated heterocycles. The summed E-state index contributed by atoms with van der Waals surface area (Å²) in [5.41, 5.74) is 1.68. The van der Waals surface area contributed by atoms with Crippen LogP contribution in [0.1, 0.15) is 23.6 Å². The normalized spacial score (nSPS) is 9.67. The van der Waals surface area contributed by atoms with E-state index in [2.05, 4.69) is 0 Å². The third-order valence-electron chi connectivity index (χ3n) is 2.11. The molecule has 0 saturated carbocycles. The first-order valence-electron chi connectivity index (χ1n) is 4.51. The van der Waals surface area contributed by atoms with Crippen LogP contribution in [0.3, 0.4) is 0 Å². The quantitative estimate of drug-likeness (QED) is 0.856. The molecule has 0 radical (unpaired) electrons. The van der Waals surface area contributed by atoms with Gasteiger partial charge in [-0.15, -0.1) is 0 Å². The van der Waals surface area contributed by atoms with Crippen LogP contribution in [0.2, 0.25) is 5.02 Å². The number of carbonyl (C=O) groups is 1. The number of aliphatic carboxylic acids is 1. The highest BCUT2D eigenvalue weighted by Crippen LogP contribution is 2.23. The van der Waals surface area contributed by atoms with E-state index >= 15 is 0 Å². The standard InChI is InChI=1S/C11H10ClNO2/c1-2-7-3-8(6-13)9(5-11(14)15)10(12)4-7/h3-4H,2,5H2,1H3,(H,14,15). The third kappa shape index (κ3) is 2.71. The van der Waals surface area contributed by atoms with Crippen LogP contribution in [0.25, 0.3) is 0 Å². The van der Waals surface area contributed by atoms with Crippen molar-refractivity contribution >= 4 is 17.6 Å². The number of carboxylic acid groups (broad SMARTS) is 1. The number of nitriles is 1. The molecule has 0 fully saturated rings. The van der Waals surface area contributed by atoms with Crippen LogP contribution in [0.5, 0.6) is 0 Å². The Morgan fingerprint density at radius 2 is 2.27 bits per heavy atom. The van der Waals surface area contributed by atoms with Gasteiger partial charge in [0.2, 0.25) is 0 Å².